The van der Waals surface area contributed by atoms with Crippen LogP contribution in [0, 0.1) is 13.8 Å². The van der Waals surface area contributed by atoms with Gasteiger partial charge < -0.3 is 9.47 Å². The van der Waals surface area contributed by atoms with Crippen LogP contribution >= 0.6 is 0 Å². The van der Waals surface area contributed by atoms with Gasteiger partial charge in [-0.3, -0.25) is 37.4 Å². The topological polar surface area (TPSA) is 141 Å². The van der Waals surface area contributed by atoms with E-state index in [1.165, 1.54) is 35.7 Å². The molecule has 0 radical (unpaired) electrons. The number of benzene rings is 1. The van der Waals surface area contributed by atoms with Crippen molar-refractivity contribution >= 4 is 11.9 Å². The van der Waals surface area contributed by atoms with Crippen molar-refractivity contribution in [3.63, 3.8) is 0 Å². The zero-order valence-corrected chi connectivity index (χ0v) is 21.8. The molecule has 0 aliphatic carbocycles. The zero-order valence-electron chi connectivity index (χ0n) is 21.8. The van der Waals surface area contributed by atoms with E-state index >= 15 is 0 Å². The van der Waals surface area contributed by atoms with Gasteiger partial charge in [0.15, 0.2) is 0 Å². The summed E-state index contributed by atoms with van der Waals surface area (Å²) in [5.74, 6) is -0.975. The van der Waals surface area contributed by atoms with Crippen LogP contribution in [0.25, 0.3) is 0 Å². The summed E-state index contributed by atoms with van der Waals surface area (Å²) in [6.45, 7) is 3.01. The Morgan fingerprint density at radius 1 is 0.684 bits per heavy atom. The molecule has 0 saturated heterocycles. The molecular formula is C26H30N4O8. The van der Waals surface area contributed by atoms with E-state index in [-0.39, 0.29) is 39.0 Å². The van der Waals surface area contributed by atoms with Crippen molar-refractivity contribution in [1.82, 2.24) is 18.3 Å². The highest BCUT2D eigenvalue weighted by Gasteiger charge is 2.15. The molecule has 0 bridgehead atoms. The van der Waals surface area contributed by atoms with E-state index in [1.54, 1.807) is 38.1 Å². The third-order valence-corrected chi connectivity index (χ3v) is 6.16. The summed E-state index contributed by atoms with van der Waals surface area (Å²) >= 11 is 0. The molecule has 3 rings (SSSR count). The van der Waals surface area contributed by atoms with E-state index in [1.807, 2.05) is 0 Å². The van der Waals surface area contributed by atoms with Gasteiger partial charge in [-0.15, -0.1) is 0 Å². The van der Waals surface area contributed by atoms with E-state index in [2.05, 4.69) is 9.47 Å². The Labute approximate surface area is 217 Å². The van der Waals surface area contributed by atoms with Crippen molar-refractivity contribution in [3.05, 3.63) is 101 Å². The third kappa shape index (κ3) is 6.25. The van der Waals surface area contributed by atoms with Crippen molar-refractivity contribution in [1.29, 1.82) is 0 Å². The summed E-state index contributed by atoms with van der Waals surface area (Å²) in [4.78, 5) is 75.0. The van der Waals surface area contributed by atoms with Crippen LogP contribution in [0.5, 0.6) is 0 Å². The number of aromatic nitrogens is 4. The number of methoxy groups -OCH3 is 2. The first-order chi connectivity index (χ1) is 18.1. The monoisotopic (exact) mass is 526 g/mol. The molecule has 0 saturated carbocycles. The maximum absolute atomic E-state index is 13.1. The van der Waals surface area contributed by atoms with Crippen molar-refractivity contribution < 1.29 is 19.1 Å². The fourth-order valence-electron chi connectivity index (χ4n) is 4.03. The van der Waals surface area contributed by atoms with Gasteiger partial charge in [-0.1, -0.05) is 24.3 Å². The molecule has 0 unspecified atom stereocenters. The predicted octanol–water partition coefficient (Wildman–Crippen LogP) is 0.173. The second-order valence-corrected chi connectivity index (χ2v) is 8.78. The number of nitrogens with zero attached hydrogens (tertiary/aromatic N) is 4. The smallest absolute Gasteiger partial charge is 0.331 e. The van der Waals surface area contributed by atoms with E-state index in [4.69, 9.17) is 0 Å². The molecule has 0 aliphatic heterocycles. The van der Waals surface area contributed by atoms with Gasteiger partial charge in [-0.05, 0) is 25.0 Å². The number of ether oxygens (including phenoxy) is 2. The van der Waals surface area contributed by atoms with E-state index in [0.29, 0.717) is 22.3 Å². The van der Waals surface area contributed by atoms with Gasteiger partial charge >= 0.3 is 23.3 Å². The van der Waals surface area contributed by atoms with Gasteiger partial charge in [0.25, 0.3) is 11.1 Å². The van der Waals surface area contributed by atoms with Crippen molar-refractivity contribution in [2.45, 2.75) is 52.9 Å². The molecule has 0 N–H and O–H groups in total. The molecule has 0 spiro atoms. The van der Waals surface area contributed by atoms with Gasteiger partial charge in [0.05, 0.1) is 40.2 Å². The van der Waals surface area contributed by atoms with Gasteiger partial charge in [0.1, 0.15) is 0 Å². The minimum atomic E-state index is -0.600. The Hall–Kier alpha value is -4.48. The number of carbonyl (C=O) groups excluding carboxylic acids is 2. The van der Waals surface area contributed by atoms with E-state index in [9.17, 15) is 28.8 Å². The average Bonchev–Trinajstić information content (AvgIpc) is 2.91. The van der Waals surface area contributed by atoms with E-state index < -0.39 is 34.4 Å². The number of hydrogen-bond donors (Lipinski definition) is 0. The Kier molecular flexibility index (Phi) is 9.00. The Balaban J connectivity index is 2.00. The summed E-state index contributed by atoms with van der Waals surface area (Å²) in [6, 6.07) is 6.87. The van der Waals surface area contributed by atoms with Crippen molar-refractivity contribution in [2.24, 2.45) is 0 Å². The second-order valence-electron chi connectivity index (χ2n) is 8.78. The SMILES string of the molecule is COC(=O)CCn1cc(C)c(=O)n(Cc2ccccc2Cn2c(=O)c(C)cn(CCC(=O)OC)c2=O)c1=O. The van der Waals surface area contributed by atoms with Crippen LogP contribution < -0.4 is 22.5 Å². The van der Waals surface area contributed by atoms with E-state index in [0.717, 1.165) is 9.13 Å². The number of esters is 2. The quantitative estimate of drug-likeness (QED) is 0.341. The summed E-state index contributed by atoms with van der Waals surface area (Å²) < 4.78 is 13.9. The first kappa shape index (κ1) is 28.1. The molecule has 1 aromatic carbocycles. The number of aryl methyl sites for hydroxylation is 4. The fraction of sp³-hybridized carbons (Fsp3) is 0.385. The predicted molar refractivity (Wildman–Crippen MR) is 137 cm³/mol. The molecule has 0 aliphatic rings. The summed E-state index contributed by atoms with van der Waals surface area (Å²) in [6.07, 6.45) is 2.73. The van der Waals surface area contributed by atoms with Crippen LogP contribution in [-0.4, -0.2) is 44.4 Å². The Morgan fingerprint density at radius 2 is 1.05 bits per heavy atom. The highest BCUT2D eigenvalue weighted by molar-refractivity contribution is 5.69. The van der Waals surface area contributed by atoms with Gasteiger partial charge in [0.2, 0.25) is 0 Å². The van der Waals surface area contributed by atoms with Gasteiger partial charge in [-0.25, -0.2) is 9.59 Å². The second kappa shape index (κ2) is 12.2. The third-order valence-electron chi connectivity index (χ3n) is 6.16. The lowest BCUT2D eigenvalue weighted by molar-refractivity contribution is -0.141. The number of carbonyl (C=O) groups is 2. The van der Waals surface area contributed by atoms with Gasteiger partial charge in [0, 0.05) is 36.6 Å². The molecule has 0 amide bonds. The van der Waals surface area contributed by atoms with Crippen LogP contribution in [0.3, 0.4) is 0 Å². The molecule has 202 valence electrons. The molecule has 12 heteroatoms. The lowest BCUT2D eigenvalue weighted by Gasteiger charge is -2.16. The normalized spacial score (nSPS) is 10.8. The molecule has 0 fully saturated rings. The highest BCUT2D eigenvalue weighted by atomic mass is 16.5. The maximum Gasteiger partial charge on any atom is 0.331 e. The molecule has 12 nitrogen and oxygen atoms in total. The highest BCUT2D eigenvalue weighted by Crippen LogP contribution is 2.11. The molecule has 2 heterocycles. The van der Waals surface area contributed by atoms with Crippen LogP contribution in [0.1, 0.15) is 35.1 Å². The van der Waals surface area contributed by atoms with Crippen molar-refractivity contribution in [2.75, 3.05) is 14.2 Å². The fourth-order valence-corrected chi connectivity index (χ4v) is 4.03. The van der Waals surface area contributed by atoms with Crippen molar-refractivity contribution in [3.8, 4) is 0 Å². The molecular weight excluding hydrogens is 496 g/mol. The standard InChI is InChI=1S/C26H30N4O8/c1-17-13-27(11-9-21(31)37-3)25(35)29(23(17)33)15-19-7-5-6-8-20(19)16-30-24(34)18(2)14-28(26(30)36)12-10-22(32)38-4/h5-8,13-14H,9-12,15-16H2,1-4H3. The number of hydrogen-bond acceptors (Lipinski definition) is 8. The first-order valence-electron chi connectivity index (χ1n) is 11.9. The lowest BCUT2D eigenvalue weighted by atomic mass is 10.1. The largest absolute Gasteiger partial charge is 0.469 e. The minimum Gasteiger partial charge on any atom is -0.469 e. The Bertz CT molecular complexity index is 1470. The van der Waals surface area contributed by atoms with Crippen LogP contribution in [-0.2, 0) is 45.2 Å². The first-order valence-corrected chi connectivity index (χ1v) is 11.9. The Morgan fingerprint density at radius 3 is 1.39 bits per heavy atom. The van der Waals surface area contributed by atoms with Crippen LogP contribution in [0.15, 0.2) is 55.8 Å². The summed E-state index contributed by atoms with van der Waals surface area (Å²) in [7, 11) is 2.50. The van der Waals surface area contributed by atoms with Crippen LogP contribution in [0.4, 0.5) is 0 Å². The van der Waals surface area contributed by atoms with Crippen LogP contribution in [0.2, 0.25) is 0 Å². The molecule has 38 heavy (non-hydrogen) atoms. The molecule has 0 atom stereocenters. The zero-order chi connectivity index (χ0) is 28.0. The minimum absolute atomic E-state index is 0.0385. The lowest BCUT2D eigenvalue weighted by Crippen LogP contribution is -2.42. The summed E-state index contributed by atoms with van der Waals surface area (Å²) in [5.41, 5.74) is -0.425. The molecule has 2 aromatic heterocycles. The van der Waals surface area contributed by atoms with Gasteiger partial charge in [-0.2, -0.15) is 0 Å². The average molecular weight is 527 g/mol. The maximum atomic E-state index is 13.1. The molecule has 3 aromatic rings. The summed E-state index contributed by atoms with van der Waals surface area (Å²) in [5, 5.41) is 0. The number of rotatable bonds is 10.